The van der Waals surface area contributed by atoms with Crippen LogP contribution in [0.5, 0.6) is 11.5 Å². The summed E-state index contributed by atoms with van der Waals surface area (Å²) < 4.78 is 5.16. The van der Waals surface area contributed by atoms with Crippen molar-refractivity contribution < 1.29 is 9.84 Å². The first kappa shape index (κ1) is 8.46. The van der Waals surface area contributed by atoms with E-state index in [9.17, 15) is 0 Å². The Labute approximate surface area is 71.1 Å². The molecule has 0 spiro atoms. The molecule has 3 nitrogen and oxygen atoms in total. The van der Waals surface area contributed by atoms with Gasteiger partial charge in [0.2, 0.25) is 0 Å². The lowest BCUT2D eigenvalue weighted by atomic mass is 10.3. The molecule has 0 unspecified atom stereocenters. The topological polar surface area (TPSA) is 55.5 Å². The maximum absolute atomic E-state index is 9.17. The highest BCUT2D eigenvalue weighted by molar-refractivity contribution is 5.61. The third-order valence-corrected chi connectivity index (χ3v) is 1.40. The molecule has 0 fully saturated rings. The number of hydrogen-bond donors (Lipinski definition) is 2. The van der Waals surface area contributed by atoms with Crippen LogP contribution in [0.3, 0.4) is 0 Å². The predicted octanol–water partition coefficient (Wildman–Crippen LogP) is 1.54. The third kappa shape index (κ3) is 1.69. The minimum atomic E-state index is 0.0385. The van der Waals surface area contributed by atoms with Gasteiger partial charge in [-0.25, -0.2) is 0 Å². The molecule has 0 saturated heterocycles. The van der Waals surface area contributed by atoms with Crippen LogP contribution < -0.4 is 10.5 Å². The molecule has 0 bridgehead atoms. The standard InChI is InChI=1S/C9H11NO2/c1-2-6-12-8-5-3-4-7(11)9(8)10/h2-5,11H,1,6,10H2. The van der Waals surface area contributed by atoms with Gasteiger partial charge >= 0.3 is 0 Å². The lowest BCUT2D eigenvalue weighted by molar-refractivity contribution is 0.362. The van der Waals surface area contributed by atoms with Crippen molar-refractivity contribution in [3.8, 4) is 11.5 Å². The molecule has 1 rings (SSSR count). The fourth-order valence-electron chi connectivity index (χ4n) is 0.807. The lowest BCUT2D eigenvalue weighted by Gasteiger charge is -2.06. The quantitative estimate of drug-likeness (QED) is 0.406. The van der Waals surface area contributed by atoms with E-state index >= 15 is 0 Å². The van der Waals surface area contributed by atoms with Gasteiger partial charge in [0.1, 0.15) is 23.8 Å². The van der Waals surface area contributed by atoms with Crippen molar-refractivity contribution in [2.24, 2.45) is 0 Å². The van der Waals surface area contributed by atoms with Crippen molar-refractivity contribution in [3.63, 3.8) is 0 Å². The van der Waals surface area contributed by atoms with Gasteiger partial charge in [0.05, 0.1) is 0 Å². The van der Waals surface area contributed by atoms with Crippen molar-refractivity contribution in [3.05, 3.63) is 30.9 Å². The van der Waals surface area contributed by atoms with Crippen molar-refractivity contribution in [2.75, 3.05) is 12.3 Å². The summed E-state index contributed by atoms with van der Waals surface area (Å²) in [6.45, 7) is 3.88. The molecule has 0 amide bonds. The van der Waals surface area contributed by atoms with E-state index in [0.717, 1.165) is 0 Å². The molecule has 3 N–H and O–H groups in total. The Kier molecular flexibility index (Phi) is 2.58. The first-order valence-electron chi connectivity index (χ1n) is 3.57. The molecule has 0 atom stereocenters. The maximum atomic E-state index is 9.17. The van der Waals surface area contributed by atoms with E-state index < -0.39 is 0 Å². The molecule has 64 valence electrons. The van der Waals surface area contributed by atoms with Gasteiger partial charge in [-0.3, -0.25) is 0 Å². The summed E-state index contributed by atoms with van der Waals surface area (Å²) in [4.78, 5) is 0. The second-order valence-electron chi connectivity index (χ2n) is 2.29. The van der Waals surface area contributed by atoms with Gasteiger partial charge < -0.3 is 15.6 Å². The van der Waals surface area contributed by atoms with Crippen LogP contribution in [0, 0.1) is 0 Å². The Hall–Kier alpha value is -1.64. The van der Waals surface area contributed by atoms with Gasteiger partial charge in [-0.1, -0.05) is 18.7 Å². The van der Waals surface area contributed by atoms with Gasteiger partial charge in [-0.2, -0.15) is 0 Å². The SMILES string of the molecule is C=CCOc1cccc(O)c1N. The van der Waals surface area contributed by atoms with Crippen LogP contribution in [0.15, 0.2) is 30.9 Å². The largest absolute Gasteiger partial charge is 0.506 e. The number of benzene rings is 1. The molecule has 3 heteroatoms. The molecule has 0 heterocycles. The van der Waals surface area contributed by atoms with E-state index in [1.807, 2.05) is 0 Å². The molecule has 0 aliphatic rings. The summed E-state index contributed by atoms with van der Waals surface area (Å²) in [6, 6.07) is 4.87. The van der Waals surface area contributed by atoms with Gasteiger partial charge in [0.15, 0.2) is 0 Å². The fourth-order valence-corrected chi connectivity index (χ4v) is 0.807. The summed E-state index contributed by atoms with van der Waals surface area (Å²) in [7, 11) is 0. The van der Waals surface area contributed by atoms with Crippen molar-refractivity contribution in [2.45, 2.75) is 0 Å². The first-order valence-corrected chi connectivity index (χ1v) is 3.57. The van der Waals surface area contributed by atoms with E-state index in [1.54, 1.807) is 18.2 Å². The Balaban J connectivity index is 2.84. The van der Waals surface area contributed by atoms with Crippen molar-refractivity contribution in [1.82, 2.24) is 0 Å². The normalized spacial score (nSPS) is 9.33. The number of rotatable bonds is 3. The Morgan fingerprint density at radius 1 is 1.58 bits per heavy atom. The summed E-state index contributed by atoms with van der Waals surface area (Å²) >= 11 is 0. The second kappa shape index (κ2) is 3.67. The third-order valence-electron chi connectivity index (χ3n) is 1.40. The minimum Gasteiger partial charge on any atom is -0.506 e. The summed E-state index contributed by atoms with van der Waals surface area (Å²) in [5.41, 5.74) is 5.78. The number of aromatic hydroxyl groups is 1. The number of para-hydroxylation sites is 1. The summed E-state index contributed by atoms with van der Waals surface area (Å²) in [6.07, 6.45) is 1.61. The van der Waals surface area contributed by atoms with E-state index in [2.05, 4.69) is 6.58 Å². The number of ether oxygens (including phenoxy) is 1. The zero-order chi connectivity index (χ0) is 8.97. The molecular weight excluding hydrogens is 154 g/mol. The number of phenolic OH excluding ortho intramolecular Hbond substituents is 1. The number of nitrogen functional groups attached to an aromatic ring is 1. The molecule has 0 saturated carbocycles. The lowest BCUT2D eigenvalue weighted by Crippen LogP contribution is -1.97. The Bertz CT molecular complexity index is 284. The Morgan fingerprint density at radius 2 is 2.33 bits per heavy atom. The van der Waals surface area contributed by atoms with Crippen LogP contribution in [-0.2, 0) is 0 Å². The van der Waals surface area contributed by atoms with Crippen LogP contribution in [0.1, 0.15) is 0 Å². The highest BCUT2D eigenvalue weighted by Gasteiger charge is 2.02. The van der Waals surface area contributed by atoms with E-state index in [1.165, 1.54) is 6.07 Å². The van der Waals surface area contributed by atoms with Crippen LogP contribution in [-0.4, -0.2) is 11.7 Å². The maximum Gasteiger partial charge on any atom is 0.146 e. The smallest absolute Gasteiger partial charge is 0.146 e. The molecule has 12 heavy (non-hydrogen) atoms. The van der Waals surface area contributed by atoms with E-state index in [-0.39, 0.29) is 11.4 Å². The zero-order valence-corrected chi connectivity index (χ0v) is 6.66. The van der Waals surface area contributed by atoms with Crippen molar-refractivity contribution in [1.29, 1.82) is 0 Å². The molecular formula is C9H11NO2. The Morgan fingerprint density at radius 3 is 3.00 bits per heavy atom. The fraction of sp³-hybridized carbons (Fsp3) is 0.111. The molecule has 1 aromatic carbocycles. The van der Waals surface area contributed by atoms with Gasteiger partial charge in [0, 0.05) is 0 Å². The van der Waals surface area contributed by atoms with E-state index in [4.69, 9.17) is 15.6 Å². The van der Waals surface area contributed by atoms with Crippen LogP contribution in [0.2, 0.25) is 0 Å². The summed E-state index contributed by atoms with van der Waals surface area (Å²) in [5.74, 6) is 0.520. The molecule has 0 aliphatic heterocycles. The minimum absolute atomic E-state index is 0.0385. The van der Waals surface area contributed by atoms with Crippen LogP contribution in [0.4, 0.5) is 5.69 Å². The number of nitrogens with two attached hydrogens (primary N) is 1. The highest BCUT2D eigenvalue weighted by Crippen LogP contribution is 2.29. The van der Waals surface area contributed by atoms with Crippen molar-refractivity contribution >= 4 is 5.69 Å². The molecule has 0 radical (unpaired) electrons. The number of hydrogen-bond acceptors (Lipinski definition) is 3. The van der Waals surface area contributed by atoms with Gasteiger partial charge in [-0.15, -0.1) is 0 Å². The second-order valence-corrected chi connectivity index (χ2v) is 2.29. The molecule has 1 aromatic rings. The average molecular weight is 165 g/mol. The first-order chi connectivity index (χ1) is 5.75. The van der Waals surface area contributed by atoms with E-state index in [0.29, 0.717) is 12.4 Å². The summed E-state index contributed by atoms with van der Waals surface area (Å²) in [5, 5.41) is 9.17. The average Bonchev–Trinajstić information content (AvgIpc) is 2.08. The van der Waals surface area contributed by atoms with Crippen LogP contribution in [0.25, 0.3) is 0 Å². The number of anilines is 1. The van der Waals surface area contributed by atoms with Gasteiger partial charge in [0.25, 0.3) is 0 Å². The van der Waals surface area contributed by atoms with Crippen LogP contribution >= 0.6 is 0 Å². The zero-order valence-electron chi connectivity index (χ0n) is 6.66. The highest BCUT2D eigenvalue weighted by atomic mass is 16.5. The van der Waals surface area contributed by atoms with Gasteiger partial charge in [-0.05, 0) is 12.1 Å². The number of phenols is 1. The predicted molar refractivity (Wildman–Crippen MR) is 48.2 cm³/mol. The monoisotopic (exact) mass is 165 g/mol. The molecule has 0 aliphatic carbocycles. The molecule has 0 aromatic heterocycles.